The molecule has 3 rings (SSSR count). The summed E-state index contributed by atoms with van der Waals surface area (Å²) in [5.41, 5.74) is 3.55. The Balaban J connectivity index is 1.60. The highest BCUT2D eigenvalue weighted by Crippen LogP contribution is 2.47. The number of carbonyl (C=O) groups excluding carboxylic acids is 1. The van der Waals surface area contributed by atoms with Crippen LogP contribution in [0.1, 0.15) is 23.5 Å². The number of nitro benzene ring substituents is 1. The van der Waals surface area contributed by atoms with Gasteiger partial charge in [-0.15, -0.1) is 0 Å². The zero-order chi connectivity index (χ0) is 17.1. The molecule has 2 aromatic carbocycles. The lowest BCUT2D eigenvalue weighted by Gasteiger charge is -2.01. The molecule has 2 unspecified atom stereocenters. The molecule has 1 fully saturated rings. The van der Waals surface area contributed by atoms with E-state index in [-0.39, 0.29) is 34.7 Å². The lowest BCUT2D eigenvalue weighted by atomic mass is 10.1. The molecular formula is C17H15N3O4. The van der Waals surface area contributed by atoms with Gasteiger partial charge >= 0.3 is 0 Å². The fourth-order valence-corrected chi connectivity index (χ4v) is 2.56. The van der Waals surface area contributed by atoms with Crippen molar-refractivity contribution in [1.82, 2.24) is 5.43 Å². The molecule has 0 spiro atoms. The van der Waals surface area contributed by atoms with Crippen molar-refractivity contribution in [1.29, 1.82) is 0 Å². The van der Waals surface area contributed by atoms with Crippen LogP contribution < -0.4 is 5.43 Å². The van der Waals surface area contributed by atoms with Crippen LogP contribution >= 0.6 is 0 Å². The highest BCUT2D eigenvalue weighted by atomic mass is 16.6. The summed E-state index contributed by atoms with van der Waals surface area (Å²) < 4.78 is 0. The number of hydrazone groups is 1. The van der Waals surface area contributed by atoms with E-state index in [0.717, 1.165) is 12.0 Å². The Morgan fingerprint density at radius 3 is 2.75 bits per heavy atom. The van der Waals surface area contributed by atoms with E-state index in [9.17, 15) is 20.0 Å². The highest BCUT2D eigenvalue weighted by Gasteiger charge is 2.43. The number of rotatable bonds is 5. The van der Waals surface area contributed by atoms with Gasteiger partial charge in [-0.05, 0) is 24.0 Å². The number of aromatic hydroxyl groups is 1. The average molecular weight is 325 g/mol. The monoisotopic (exact) mass is 325 g/mol. The van der Waals surface area contributed by atoms with Crippen LogP contribution in [0.2, 0.25) is 0 Å². The maximum atomic E-state index is 12.0. The smallest absolute Gasteiger partial charge is 0.270 e. The molecule has 0 radical (unpaired) electrons. The highest BCUT2D eigenvalue weighted by molar-refractivity contribution is 5.87. The first kappa shape index (κ1) is 15.7. The topological polar surface area (TPSA) is 105 Å². The number of phenols is 1. The number of benzene rings is 2. The molecular weight excluding hydrogens is 310 g/mol. The zero-order valence-corrected chi connectivity index (χ0v) is 12.6. The Bertz CT molecular complexity index is 805. The number of nitrogens with zero attached hydrogens (tertiary/aromatic N) is 2. The number of nitrogens with one attached hydrogen (secondary N) is 1. The van der Waals surface area contributed by atoms with Gasteiger partial charge in [0, 0.05) is 23.6 Å². The second kappa shape index (κ2) is 6.49. The summed E-state index contributed by atoms with van der Waals surface area (Å²) in [5, 5.41) is 24.2. The van der Waals surface area contributed by atoms with Gasteiger partial charge in [-0.25, -0.2) is 5.43 Å². The molecule has 24 heavy (non-hydrogen) atoms. The van der Waals surface area contributed by atoms with Crippen LogP contribution in [0.3, 0.4) is 0 Å². The molecule has 1 aliphatic carbocycles. The molecule has 0 saturated heterocycles. The van der Waals surface area contributed by atoms with Crippen LogP contribution in [0.4, 0.5) is 5.69 Å². The fraction of sp³-hybridized carbons (Fsp3) is 0.176. The summed E-state index contributed by atoms with van der Waals surface area (Å²) >= 11 is 0. The van der Waals surface area contributed by atoms with E-state index >= 15 is 0 Å². The maximum Gasteiger partial charge on any atom is 0.270 e. The van der Waals surface area contributed by atoms with Crippen LogP contribution in [0.5, 0.6) is 5.75 Å². The van der Waals surface area contributed by atoms with Crippen molar-refractivity contribution in [3.8, 4) is 5.75 Å². The molecule has 0 aromatic heterocycles. The summed E-state index contributed by atoms with van der Waals surface area (Å²) in [6.45, 7) is 0. The van der Waals surface area contributed by atoms with Crippen LogP contribution in [0.15, 0.2) is 53.6 Å². The lowest BCUT2D eigenvalue weighted by molar-refractivity contribution is -0.384. The van der Waals surface area contributed by atoms with Gasteiger partial charge < -0.3 is 5.11 Å². The van der Waals surface area contributed by atoms with Crippen molar-refractivity contribution < 1.29 is 14.8 Å². The van der Waals surface area contributed by atoms with Gasteiger partial charge in [-0.2, -0.15) is 5.10 Å². The summed E-state index contributed by atoms with van der Waals surface area (Å²) in [5.74, 6) is -0.270. The first-order valence-corrected chi connectivity index (χ1v) is 7.41. The first-order valence-electron chi connectivity index (χ1n) is 7.41. The molecule has 1 aliphatic rings. The van der Waals surface area contributed by atoms with E-state index in [4.69, 9.17) is 0 Å². The number of hydrogen-bond donors (Lipinski definition) is 2. The summed E-state index contributed by atoms with van der Waals surface area (Å²) in [7, 11) is 0. The number of nitro groups is 1. The van der Waals surface area contributed by atoms with Crippen molar-refractivity contribution in [2.75, 3.05) is 0 Å². The largest absolute Gasteiger partial charge is 0.507 e. The molecule has 1 amide bonds. The minimum Gasteiger partial charge on any atom is -0.507 e. The average Bonchev–Trinajstić information content (AvgIpc) is 3.38. The zero-order valence-electron chi connectivity index (χ0n) is 12.6. The van der Waals surface area contributed by atoms with E-state index in [0.29, 0.717) is 0 Å². The second-order valence-electron chi connectivity index (χ2n) is 5.59. The van der Waals surface area contributed by atoms with Crippen molar-refractivity contribution in [3.05, 3.63) is 69.8 Å². The minimum absolute atomic E-state index is 0.122. The summed E-state index contributed by atoms with van der Waals surface area (Å²) in [6.07, 6.45) is 1.97. The molecule has 2 aromatic rings. The van der Waals surface area contributed by atoms with Crippen molar-refractivity contribution in [2.45, 2.75) is 12.3 Å². The molecule has 2 atom stereocenters. The molecule has 0 bridgehead atoms. The summed E-state index contributed by atoms with van der Waals surface area (Å²) in [6, 6.07) is 13.4. The van der Waals surface area contributed by atoms with Crippen LogP contribution in [-0.4, -0.2) is 22.2 Å². The Hall–Kier alpha value is -3.22. The van der Waals surface area contributed by atoms with E-state index < -0.39 is 4.92 Å². The Morgan fingerprint density at radius 2 is 2.04 bits per heavy atom. The third kappa shape index (κ3) is 3.40. The van der Waals surface area contributed by atoms with Gasteiger partial charge in [0.15, 0.2) is 0 Å². The van der Waals surface area contributed by atoms with E-state index in [1.807, 2.05) is 30.3 Å². The molecule has 7 heteroatoms. The quantitative estimate of drug-likeness (QED) is 0.500. The number of phenolic OH excluding ortho intramolecular Hbond substituents is 1. The van der Waals surface area contributed by atoms with E-state index in [1.54, 1.807) is 0 Å². The minimum atomic E-state index is -0.565. The van der Waals surface area contributed by atoms with Gasteiger partial charge in [0.1, 0.15) is 5.75 Å². The third-order valence-electron chi connectivity index (χ3n) is 3.96. The van der Waals surface area contributed by atoms with Gasteiger partial charge in [0.2, 0.25) is 5.91 Å². The van der Waals surface area contributed by atoms with Gasteiger partial charge in [-0.1, -0.05) is 30.3 Å². The molecule has 7 nitrogen and oxygen atoms in total. The maximum absolute atomic E-state index is 12.0. The number of non-ortho nitro benzene ring substituents is 1. The van der Waals surface area contributed by atoms with Gasteiger partial charge in [0.25, 0.3) is 5.69 Å². The Labute approximate surface area is 137 Å². The number of hydrogen-bond acceptors (Lipinski definition) is 5. The van der Waals surface area contributed by atoms with Crippen LogP contribution in [0.25, 0.3) is 0 Å². The van der Waals surface area contributed by atoms with E-state index in [2.05, 4.69) is 10.5 Å². The molecule has 1 saturated carbocycles. The SMILES string of the molecule is O=C(N/N=C/c1cc([N+](=O)[O-])ccc1O)C1CC1c1ccccc1. The van der Waals surface area contributed by atoms with E-state index in [1.165, 1.54) is 24.4 Å². The third-order valence-corrected chi connectivity index (χ3v) is 3.96. The first-order chi connectivity index (χ1) is 11.6. The fourth-order valence-electron chi connectivity index (χ4n) is 2.56. The van der Waals surface area contributed by atoms with Crippen molar-refractivity contribution in [3.63, 3.8) is 0 Å². The second-order valence-corrected chi connectivity index (χ2v) is 5.59. The van der Waals surface area contributed by atoms with Crippen LogP contribution in [-0.2, 0) is 4.79 Å². The summed E-state index contributed by atoms with van der Waals surface area (Å²) in [4.78, 5) is 22.2. The Kier molecular flexibility index (Phi) is 4.24. The van der Waals surface area contributed by atoms with Crippen LogP contribution in [0, 0.1) is 16.0 Å². The predicted octanol–water partition coefficient (Wildman–Crippen LogP) is 2.55. The normalized spacial score (nSPS) is 19.2. The van der Waals surface area contributed by atoms with Gasteiger partial charge in [0.05, 0.1) is 11.1 Å². The van der Waals surface area contributed by atoms with Crippen molar-refractivity contribution in [2.24, 2.45) is 11.0 Å². The molecule has 2 N–H and O–H groups in total. The van der Waals surface area contributed by atoms with Crippen molar-refractivity contribution >= 4 is 17.8 Å². The molecule has 122 valence electrons. The standard InChI is InChI=1S/C17H15N3O4/c21-16-7-6-13(20(23)24)8-12(16)10-18-19-17(22)15-9-14(15)11-4-2-1-3-5-11/h1-8,10,14-15,21H,9H2,(H,19,22)/b18-10+. The molecule has 0 heterocycles. The molecule has 0 aliphatic heterocycles. The van der Waals surface area contributed by atoms with Gasteiger partial charge in [-0.3, -0.25) is 14.9 Å². The predicted molar refractivity (Wildman–Crippen MR) is 87.8 cm³/mol. The number of amides is 1. The Morgan fingerprint density at radius 1 is 1.29 bits per heavy atom. The number of carbonyl (C=O) groups is 1. The lowest BCUT2D eigenvalue weighted by Crippen LogP contribution is -2.20.